The summed E-state index contributed by atoms with van der Waals surface area (Å²) in [6, 6.07) is 0. The van der Waals surface area contributed by atoms with Gasteiger partial charge < -0.3 is 0 Å². The molecule has 0 nitrogen and oxygen atoms in total. The summed E-state index contributed by atoms with van der Waals surface area (Å²) in [6.07, 6.45) is 0. The lowest BCUT2D eigenvalue weighted by Gasteiger charge is -2.40. The monoisotopic (exact) mass is 176 g/mol. The molecule has 1 atom stereocenters. The molecule has 0 aliphatic carbocycles. The average Bonchev–Trinajstić information content (AvgIpc) is 1.62. The zero-order chi connectivity index (χ0) is 8.58. The third-order valence-electron chi connectivity index (χ3n) is 3.10. The van der Waals surface area contributed by atoms with E-state index in [0.29, 0.717) is 5.04 Å². The summed E-state index contributed by atoms with van der Waals surface area (Å²) in [7, 11) is 2.04. The molecule has 0 aromatic carbocycles. The molecule has 0 aromatic heterocycles. The maximum atomic E-state index is 3.07. The predicted octanol–water partition coefficient (Wildman–Crippen LogP) is 3.50. The Morgan fingerprint density at radius 3 is 1.50 bits per heavy atom. The molecule has 0 saturated heterocycles. The summed E-state index contributed by atoms with van der Waals surface area (Å²) in [5.41, 5.74) is 0. The molecular weight excluding hydrogens is 155 g/mol. The standard InChI is InChI=1S/C8H21PSi/c1-7(2)8(3,4)10(5,6)9/h7H,9H2,1-6H3. The number of rotatable bonds is 2. The molecule has 62 valence electrons. The second-order valence-electron chi connectivity index (χ2n) is 4.60. The Hall–Kier alpha value is 0.647. The Morgan fingerprint density at radius 1 is 1.20 bits per heavy atom. The highest BCUT2D eigenvalue weighted by Crippen LogP contribution is 2.46. The van der Waals surface area contributed by atoms with Crippen molar-refractivity contribution >= 4 is 16.5 Å². The van der Waals surface area contributed by atoms with E-state index >= 15 is 0 Å². The van der Waals surface area contributed by atoms with Crippen LogP contribution in [0.5, 0.6) is 0 Å². The molecule has 0 spiro atoms. The van der Waals surface area contributed by atoms with Crippen molar-refractivity contribution < 1.29 is 0 Å². The van der Waals surface area contributed by atoms with Crippen molar-refractivity contribution in [3.63, 3.8) is 0 Å². The summed E-state index contributed by atoms with van der Waals surface area (Å²) in [5.74, 6) is 0.798. The molecular formula is C8H21PSi. The molecule has 0 aromatic rings. The highest BCUT2D eigenvalue weighted by Gasteiger charge is 2.37. The molecule has 0 rings (SSSR count). The summed E-state index contributed by atoms with van der Waals surface area (Å²) < 4.78 is 0. The van der Waals surface area contributed by atoms with Gasteiger partial charge in [-0.15, -0.1) is 8.79 Å². The van der Waals surface area contributed by atoms with Gasteiger partial charge in [0.1, 0.15) is 0 Å². The molecule has 1 unspecified atom stereocenters. The topological polar surface area (TPSA) is 0 Å². The molecule has 2 heteroatoms. The summed E-state index contributed by atoms with van der Waals surface area (Å²) in [4.78, 5) is 0. The van der Waals surface area contributed by atoms with Crippen molar-refractivity contribution in [3.05, 3.63) is 0 Å². The zero-order valence-corrected chi connectivity index (χ0v) is 10.3. The van der Waals surface area contributed by atoms with Crippen molar-refractivity contribution in [2.45, 2.75) is 45.8 Å². The van der Waals surface area contributed by atoms with Crippen LogP contribution in [0.4, 0.5) is 0 Å². The van der Waals surface area contributed by atoms with Crippen LogP contribution in [-0.2, 0) is 0 Å². The van der Waals surface area contributed by atoms with Crippen molar-refractivity contribution in [2.75, 3.05) is 0 Å². The van der Waals surface area contributed by atoms with E-state index in [9.17, 15) is 0 Å². The molecule has 0 saturated carbocycles. The van der Waals surface area contributed by atoms with E-state index < -0.39 is 7.74 Å². The van der Waals surface area contributed by atoms with E-state index in [0.717, 1.165) is 5.92 Å². The lowest BCUT2D eigenvalue weighted by Crippen LogP contribution is -2.35. The Bertz CT molecular complexity index is 111. The van der Waals surface area contributed by atoms with Crippen LogP contribution >= 0.6 is 8.79 Å². The largest absolute Gasteiger partial charge is 0.148 e. The van der Waals surface area contributed by atoms with E-state index in [1.54, 1.807) is 0 Å². The van der Waals surface area contributed by atoms with Crippen LogP contribution in [0.3, 0.4) is 0 Å². The molecule has 10 heavy (non-hydrogen) atoms. The van der Waals surface area contributed by atoms with Crippen LogP contribution in [-0.4, -0.2) is 7.74 Å². The van der Waals surface area contributed by atoms with Crippen molar-refractivity contribution in [1.29, 1.82) is 0 Å². The quantitative estimate of drug-likeness (QED) is 0.446. The molecule has 0 heterocycles. The van der Waals surface area contributed by atoms with Gasteiger partial charge in [0, 0.05) is 0 Å². The van der Waals surface area contributed by atoms with E-state index in [-0.39, 0.29) is 0 Å². The first-order valence-electron chi connectivity index (χ1n) is 3.98. The van der Waals surface area contributed by atoms with E-state index in [4.69, 9.17) is 0 Å². The molecule has 0 fully saturated rings. The second-order valence-corrected chi connectivity index (χ2v) is 13.7. The van der Waals surface area contributed by atoms with Gasteiger partial charge in [-0.3, -0.25) is 0 Å². The highest BCUT2D eigenvalue weighted by molar-refractivity contribution is 7.69. The number of hydrogen-bond donors (Lipinski definition) is 0. The van der Waals surface area contributed by atoms with Crippen LogP contribution in [0.15, 0.2) is 0 Å². The van der Waals surface area contributed by atoms with Crippen LogP contribution in [0, 0.1) is 5.92 Å². The summed E-state index contributed by atoms with van der Waals surface area (Å²) in [5, 5.41) is 0.539. The van der Waals surface area contributed by atoms with Crippen molar-refractivity contribution in [1.82, 2.24) is 0 Å². The van der Waals surface area contributed by atoms with E-state index in [1.807, 2.05) is 0 Å². The van der Waals surface area contributed by atoms with Gasteiger partial charge in [-0.25, -0.2) is 0 Å². The third kappa shape index (κ3) is 2.07. The fourth-order valence-electron chi connectivity index (χ4n) is 0.744. The first kappa shape index (κ1) is 10.6. The van der Waals surface area contributed by atoms with Gasteiger partial charge >= 0.3 is 0 Å². The van der Waals surface area contributed by atoms with Gasteiger partial charge in [0.15, 0.2) is 0 Å². The van der Waals surface area contributed by atoms with Crippen LogP contribution < -0.4 is 0 Å². The fourth-order valence-corrected chi connectivity index (χ4v) is 3.23. The van der Waals surface area contributed by atoms with E-state index in [2.05, 4.69) is 49.6 Å². The van der Waals surface area contributed by atoms with Crippen LogP contribution in [0.1, 0.15) is 27.7 Å². The Kier molecular flexibility index (Phi) is 3.14. The molecule has 0 radical (unpaired) electrons. The maximum absolute atomic E-state index is 3.07. The van der Waals surface area contributed by atoms with Gasteiger partial charge in [0.25, 0.3) is 0 Å². The van der Waals surface area contributed by atoms with Crippen molar-refractivity contribution in [2.24, 2.45) is 5.92 Å². The first-order valence-corrected chi connectivity index (χ1v) is 8.79. The lowest BCUT2D eigenvalue weighted by atomic mass is 9.99. The number of hydrogen-bond acceptors (Lipinski definition) is 0. The Morgan fingerprint density at radius 2 is 1.50 bits per heavy atom. The van der Waals surface area contributed by atoms with Gasteiger partial charge in [-0.2, -0.15) is 0 Å². The van der Waals surface area contributed by atoms with Gasteiger partial charge in [0.05, 0.1) is 7.74 Å². The minimum absolute atomic E-state index is 0.539. The smallest absolute Gasteiger partial charge is 0.0743 e. The Balaban J connectivity index is 4.40. The molecule has 0 amide bonds. The van der Waals surface area contributed by atoms with Gasteiger partial charge in [-0.1, -0.05) is 40.8 Å². The zero-order valence-electron chi connectivity index (χ0n) is 8.15. The second kappa shape index (κ2) is 2.95. The van der Waals surface area contributed by atoms with Gasteiger partial charge in [-0.05, 0) is 11.0 Å². The summed E-state index contributed by atoms with van der Waals surface area (Å²) in [6.45, 7) is 14.2. The third-order valence-corrected chi connectivity index (χ3v) is 9.23. The Labute approximate surface area is 68.9 Å². The first-order chi connectivity index (χ1) is 4.19. The predicted molar refractivity (Wildman–Crippen MR) is 56.1 cm³/mol. The van der Waals surface area contributed by atoms with Crippen LogP contribution in [0.2, 0.25) is 18.1 Å². The average molecular weight is 176 g/mol. The SMILES string of the molecule is CC(C)C(C)(C)[Si](C)(C)P. The van der Waals surface area contributed by atoms with Crippen LogP contribution in [0.25, 0.3) is 0 Å². The minimum atomic E-state index is -1.03. The normalized spacial score (nSPS) is 14.4. The van der Waals surface area contributed by atoms with Gasteiger partial charge in [0.2, 0.25) is 0 Å². The molecule has 0 aliphatic rings. The fraction of sp³-hybridized carbons (Fsp3) is 1.00. The van der Waals surface area contributed by atoms with Crippen molar-refractivity contribution in [3.8, 4) is 0 Å². The highest BCUT2D eigenvalue weighted by atomic mass is 31.3. The molecule has 0 bridgehead atoms. The molecule has 0 N–H and O–H groups in total. The molecule has 0 aliphatic heterocycles. The van der Waals surface area contributed by atoms with E-state index in [1.165, 1.54) is 0 Å². The maximum Gasteiger partial charge on any atom is 0.0743 e. The lowest BCUT2D eigenvalue weighted by molar-refractivity contribution is 0.465. The minimum Gasteiger partial charge on any atom is -0.148 e. The summed E-state index contributed by atoms with van der Waals surface area (Å²) >= 11 is 0.